The molecule has 0 saturated heterocycles. The molecule has 0 spiro atoms. The molecule has 6 heteroatoms. The Morgan fingerprint density at radius 1 is 0.667 bits per heavy atom. The zero-order chi connectivity index (χ0) is 11.9. The minimum absolute atomic E-state index is 0.554. The van der Waals surface area contributed by atoms with Gasteiger partial charge in [0.15, 0.2) is 23.0 Å². The molecule has 2 aromatic heterocycles. The monoisotopic (exact) mass is 248 g/mol. The van der Waals surface area contributed by atoms with Gasteiger partial charge in [0.05, 0.1) is 0 Å². The standard InChI is InChI=1S/C12H12N2O4/c1-3-17-11-7(15-1)5-13-9(11)10-12-8(6-14-10)16-2-4-18-12/h5-6,13-14H,1-4H2. The van der Waals surface area contributed by atoms with Crippen molar-refractivity contribution in [2.24, 2.45) is 0 Å². The first kappa shape index (κ1) is 9.76. The summed E-state index contributed by atoms with van der Waals surface area (Å²) in [5.74, 6) is 2.91. The summed E-state index contributed by atoms with van der Waals surface area (Å²) in [5.41, 5.74) is 1.66. The molecule has 4 heterocycles. The highest BCUT2D eigenvalue weighted by Crippen LogP contribution is 2.46. The number of H-pyrrole nitrogens is 2. The van der Waals surface area contributed by atoms with Gasteiger partial charge in [0.25, 0.3) is 0 Å². The summed E-state index contributed by atoms with van der Waals surface area (Å²) in [7, 11) is 0. The van der Waals surface area contributed by atoms with Crippen LogP contribution in [0.5, 0.6) is 23.0 Å². The minimum atomic E-state index is 0.554. The Labute approximate surface area is 103 Å². The van der Waals surface area contributed by atoms with E-state index < -0.39 is 0 Å². The Hall–Kier alpha value is -2.24. The molecule has 0 bridgehead atoms. The molecule has 0 aromatic carbocycles. The average Bonchev–Trinajstić information content (AvgIpc) is 3.01. The maximum Gasteiger partial charge on any atom is 0.188 e. The van der Waals surface area contributed by atoms with Crippen LogP contribution in [0, 0.1) is 0 Å². The zero-order valence-corrected chi connectivity index (χ0v) is 9.62. The summed E-state index contributed by atoms with van der Waals surface area (Å²) in [6, 6.07) is 0. The first-order valence-corrected chi connectivity index (χ1v) is 5.88. The molecule has 2 aromatic rings. The first-order chi connectivity index (χ1) is 8.93. The molecular formula is C12H12N2O4. The molecule has 0 radical (unpaired) electrons. The lowest BCUT2D eigenvalue weighted by atomic mass is 10.2. The van der Waals surface area contributed by atoms with E-state index in [0.29, 0.717) is 26.4 Å². The van der Waals surface area contributed by atoms with Crippen LogP contribution < -0.4 is 18.9 Å². The van der Waals surface area contributed by atoms with Crippen LogP contribution in [0.3, 0.4) is 0 Å². The largest absolute Gasteiger partial charge is 0.485 e. The molecule has 0 unspecified atom stereocenters. The maximum absolute atomic E-state index is 5.64. The highest BCUT2D eigenvalue weighted by molar-refractivity contribution is 5.76. The van der Waals surface area contributed by atoms with Crippen LogP contribution in [-0.4, -0.2) is 36.4 Å². The van der Waals surface area contributed by atoms with Crippen molar-refractivity contribution in [3.05, 3.63) is 12.4 Å². The summed E-state index contributed by atoms with van der Waals surface area (Å²) in [5, 5.41) is 0. The highest BCUT2D eigenvalue weighted by atomic mass is 16.6. The van der Waals surface area contributed by atoms with Crippen LogP contribution in [0.15, 0.2) is 12.4 Å². The summed E-state index contributed by atoms with van der Waals surface area (Å²) in [6.45, 7) is 2.26. The van der Waals surface area contributed by atoms with Gasteiger partial charge in [-0.3, -0.25) is 0 Å². The summed E-state index contributed by atoms with van der Waals surface area (Å²) in [6.07, 6.45) is 3.58. The zero-order valence-electron chi connectivity index (χ0n) is 9.62. The molecule has 6 nitrogen and oxygen atoms in total. The molecule has 4 rings (SSSR count). The molecule has 0 fully saturated rings. The van der Waals surface area contributed by atoms with Gasteiger partial charge < -0.3 is 28.9 Å². The molecule has 2 aliphatic heterocycles. The fourth-order valence-corrected chi connectivity index (χ4v) is 2.25. The Kier molecular flexibility index (Phi) is 1.97. The number of aromatic nitrogens is 2. The van der Waals surface area contributed by atoms with Gasteiger partial charge in [-0.05, 0) is 0 Å². The van der Waals surface area contributed by atoms with Crippen LogP contribution in [0.1, 0.15) is 0 Å². The molecule has 2 N–H and O–H groups in total. The van der Waals surface area contributed by atoms with E-state index in [2.05, 4.69) is 9.97 Å². The third-order valence-electron chi connectivity index (χ3n) is 3.02. The Morgan fingerprint density at radius 3 is 1.61 bits per heavy atom. The first-order valence-electron chi connectivity index (χ1n) is 5.88. The van der Waals surface area contributed by atoms with E-state index in [1.165, 1.54) is 0 Å². The van der Waals surface area contributed by atoms with E-state index in [0.717, 1.165) is 34.4 Å². The Bertz CT molecular complexity index is 535. The maximum atomic E-state index is 5.64. The van der Waals surface area contributed by atoms with Gasteiger partial charge in [0, 0.05) is 12.4 Å². The third kappa shape index (κ3) is 1.28. The smallest absolute Gasteiger partial charge is 0.188 e. The molecule has 0 amide bonds. The summed E-state index contributed by atoms with van der Waals surface area (Å²) in [4.78, 5) is 6.30. The van der Waals surface area contributed by atoms with E-state index >= 15 is 0 Å². The quantitative estimate of drug-likeness (QED) is 0.803. The number of nitrogens with one attached hydrogen (secondary N) is 2. The number of fused-ring (bicyclic) bond motifs is 2. The van der Waals surface area contributed by atoms with Crippen LogP contribution in [0.4, 0.5) is 0 Å². The van der Waals surface area contributed by atoms with Crippen molar-refractivity contribution in [1.29, 1.82) is 0 Å². The fourth-order valence-electron chi connectivity index (χ4n) is 2.25. The lowest BCUT2D eigenvalue weighted by Gasteiger charge is -2.17. The van der Waals surface area contributed by atoms with Gasteiger partial charge >= 0.3 is 0 Å². The normalized spacial score (nSPS) is 16.7. The number of ether oxygens (including phenoxy) is 4. The fraction of sp³-hybridized carbons (Fsp3) is 0.333. The predicted octanol–water partition coefficient (Wildman–Crippen LogP) is 1.55. The number of hydrogen-bond donors (Lipinski definition) is 2. The van der Waals surface area contributed by atoms with E-state index in [1.807, 2.05) is 0 Å². The lowest BCUT2D eigenvalue weighted by Crippen LogP contribution is -2.15. The van der Waals surface area contributed by atoms with Crippen LogP contribution >= 0.6 is 0 Å². The van der Waals surface area contributed by atoms with Crippen molar-refractivity contribution in [2.45, 2.75) is 0 Å². The second-order valence-corrected chi connectivity index (χ2v) is 4.11. The van der Waals surface area contributed by atoms with Crippen LogP contribution in [0.2, 0.25) is 0 Å². The van der Waals surface area contributed by atoms with Crippen molar-refractivity contribution >= 4 is 0 Å². The minimum Gasteiger partial charge on any atom is -0.485 e. The molecular weight excluding hydrogens is 236 g/mol. The van der Waals surface area contributed by atoms with Gasteiger partial charge in [-0.2, -0.15) is 0 Å². The predicted molar refractivity (Wildman–Crippen MR) is 62.6 cm³/mol. The second-order valence-electron chi connectivity index (χ2n) is 4.11. The van der Waals surface area contributed by atoms with Gasteiger partial charge in [-0.25, -0.2) is 0 Å². The lowest BCUT2D eigenvalue weighted by molar-refractivity contribution is 0.172. The third-order valence-corrected chi connectivity index (χ3v) is 3.02. The van der Waals surface area contributed by atoms with Gasteiger partial charge in [-0.15, -0.1) is 0 Å². The molecule has 18 heavy (non-hydrogen) atoms. The SMILES string of the molecule is c1[nH]c(-c2[nH]cc3c2OCCO3)c2c1OCCO2. The number of rotatable bonds is 1. The van der Waals surface area contributed by atoms with E-state index in [4.69, 9.17) is 18.9 Å². The number of aromatic amines is 2. The van der Waals surface area contributed by atoms with Crippen molar-refractivity contribution in [3.8, 4) is 34.4 Å². The molecule has 2 aliphatic rings. The van der Waals surface area contributed by atoms with Gasteiger partial charge in [-0.1, -0.05) is 0 Å². The molecule has 94 valence electrons. The highest BCUT2D eigenvalue weighted by Gasteiger charge is 2.26. The van der Waals surface area contributed by atoms with Crippen LogP contribution in [0.25, 0.3) is 11.4 Å². The Morgan fingerprint density at radius 2 is 1.11 bits per heavy atom. The van der Waals surface area contributed by atoms with Crippen molar-refractivity contribution in [3.63, 3.8) is 0 Å². The molecule has 0 saturated carbocycles. The van der Waals surface area contributed by atoms with Gasteiger partial charge in [0.1, 0.15) is 37.8 Å². The van der Waals surface area contributed by atoms with E-state index in [9.17, 15) is 0 Å². The Balaban J connectivity index is 1.83. The molecule has 0 atom stereocenters. The molecule has 0 aliphatic carbocycles. The van der Waals surface area contributed by atoms with E-state index in [-0.39, 0.29) is 0 Å². The van der Waals surface area contributed by atoms with Crippen LogP contribution in [-0.2, 0) is 0 Å². The topological polar surface area (TPSA) is 68.5 Å². The summed E-state index contributed by atoms with van der Waals surface area (Å²) >= 11 is 0. The second kappa shape index (κ2) is 3.63. The van der Waals surface area contributed by atoms with E-state index in [1.54, 1.807) is 12.4 Å². The van der Waals surface area contributed by atoms with Crippen molar-refractivity contribution < 1.29 is 18.9 Å². The average molecular weight is 248 g/mol. The van der Waals surface area contributed by atoms with Crippen molar-refractivity contribution in [1.82, 2.24) is 9.97 Å². The summed E-state index contributed by atoms with van der Waals surface area (Å²) < 4.78 is 22.3. The number of hydrogen-bond acceptors (Lipinski definition) is 4. The van der Waals surface area contributed by atoms with Gasteiger partial charge in [0.2, 0.25) is 0 Å². The van der Waals surface area contributed by atoms with Crippen molar-refractivity contribution in [2.75, 3.05) is 26.4 Å².